The summed E-state index contributed by atoms with van der Waals surface area (Å²) < 4.78 is 8.65. The van der Waals surface area contributed by atoms with Crippen molar-refractivity contribution in [2.45, 2.75) is 10.1 Å². The van der Waals surface area contributed by atoms with E-state index in [4.69, 9.17) is 4.74 Å². The molecule has 0 N–H and O–H groups in total. The van der Waals surface area contributed by atoms with Crippen LogP contribution >= 0.6 is 0 Å². The van der Waals surface area contributed by atoms with E-state index in [9.17, 15) is 0 Å². The first kappa shape index (κ1) is 14.8. The van der Waals surface area contributed by atoms with Crippen LogP contribution in [0.4, 0.5) is 0 Å². The summed E-state index contributed by atoms with van der Waals surface area (Å²) in [6.45, 7) is 3.19. The minimum absolute atomic E-state index is 0.261. The van der Waals surface area contributed by atoms with E-state index in [2.05, 4.69) is 67.6 Å². The van der Waals surface area contributed by atoms with Gasteiger partial charge in [-0.3, -0.25) is 0 Å². The summed E-state index contributed by atoms with van der Waals surface area (Å²) in [6.07, 6.45) is 0. The average Bonchev–Trinajstić information content (AvgIpc) is 2.41. The fourth-order valence-electron chi connectivity index (χ4n) is 1.82. The van der Waals surface area contributed by atoms with E-state index in [1.807, 2.05) is 0 Å². The molecule has 0 saturated carbocycles. The second-order valence-electron chi connectivity index (χ2n) is 4.40. The molecule has 1 nitrogen and oxygen atoms in total. The predicted molar refractivity (Wildman–Crippen MR) is 83.9 cm³/mol. The Morgan fingerprint density at radius 2 is 1.26 bits per heavy atom. The van der Waals surface area contributed by atoms with E-state index in [0.717, 1.165) is 6.61 Å². The standard InChI is InChI=1S/C16H18OSe2/c1-16(13-17-2,18-14-9-5-3-6-10-14)19-15-11-7-4-8-12-15/h3-12H,13H2,1-2H3. The predicted octanol–water partition coefficient (Wildman–Crippen LogP) is 1.83. The zero-order valence-electron chi connectivity index (χ0n) is 11.2. The van der Waals surface area contributed by atoms with Crippen LogP contribution in [0.2, 0.25) is 3.21 Å². The van der Waals surface area contributed by atoms with E-state index in [-0.39, 0.29) is 3.21 Å². The molecule has 0 saturated heterocycles. The summed E-state index contributed by atoms with van der Waals surface area (Å²) in [6, 6.07) is 21.6. The fourth-order valence-corrected chi connectivity index (χ4v) is 8.52. The van der Waals surface area contributed by atoms with Crippen molar-refractivity contribution < 1.29 is 4.74 Å². The van der Waals surface area contributed by atoms with Gasteiger partial charge in [0.1, 0.15) is 0 Å². The molecule has 0 unspecified atom stereocenters. The zero-order chi connectivity index (χ0) is 13.6. The molecular weight excluding hydrogens is 366 g/mol. The summed E-state index contributed by atoms with van der Waals surface area (Å²) in [5.74, 6) is 0. The molecule has 0 bridgehead atoms. The van der Waals surface area contributed by atoms with Gasteiger partial charge in [0.15, 0.2) is 0 Å². The summed E-state index contributed by atoms with van der Waals surface area (Å²) in [4.78, 5) is 0. The van der Waals surface area contributed by atoms with Crippen molar-refractivity contribution in [3.05, 3.63) is 60.7 Å². The van der Waals surface area contributed by atoms with Gasteiger partial charge in [-0.25, -0.2) is 0 Å². The number of rotatable bonds is 6. The molecule has 100 valence electrons. The van der Waals surface area contributed by atoms with Crippen LogP contribution in [0.1, 0.15) is 6.92 Å². The van der Waals surface area contributed by atoms with Crippen molar-refractivity contribution in [2.75, 3.05) is 13.7 Å². The van der Waals surface area contributed by atoms with Crippen LogP contribution in [-0.2, 0) is 4.74 Å². The third-order valence-corrected chi connectivity index (χ3v) is 8.81. The van der Waals surface area contributed by atoms with E-state index in [1.165, 1.54) is 8.92 Å². The minimum atomic E-state index is 0.261. The molecular formula is C16H18OSe2. The van der Waals surface area contributed by atoms with Gasteiger partial charge in [-0.2, -0.15) is 0 Å². The molecule has 0 fully saturated rings. The zero-order valence-corrected chi connectivity index (χ0v) is 14.6. The first-order valence-electron chi connectivity index (χ1n) is 6.19. The first-order valence-corrected chi connectivity index (χ1v) is 9.61. The molecule has 0 aliphatic heterocycles. The van der Waals surface area contributed by atoms with Crippen LogP contribution in [0.5, 0.6) is 0 Å². The Labute approximate surface area is 128 Å². The van der Waals surface area contributed by atoms with Crippen molar-refractivity contribution in [1.29, 1.82) is 0 Å². The van der Waals surface area contributed by atoms with Crippen molar-refractivity contribution in [1.82, 2.24) is 0 Å². The Morgan fingerprint density at radius 3 is 1.63 bits per heavy atom. The molecule has 0 radical (unpaired) electrons. The molecule has 0 heterocycles. The first-order chi connectivity index (χ1) is 9.22. The Bertz CT molecular complexity index is 443. The third-order valence-electron chi connectivity index (χ3n) is 2.56. The van der Waals surface area contributed by atoms with Gasteiger partial charge in [0.25, 0.3) is 0 Å². The van der Waals surface area contributed by atoms with E-state index >= 15 is 0 Å². The van der Waals surface area contributed by atoms with Gasteiger partial charge in [-0.1, -0.05) is 0 Å². The summed E-state index contributed by atoms with van der Waals surface area (Å²) in [5, 5.41) is 0. The summed E-state index contributed by atoms with van der Waals surface area (Å²) in [7, 11) is 1.81. The number of ether oxygens (including phenoxy) is 1. The number of benzene rings is 2. The van der Waals surface area contributed by atoms with Crippen molar-refractivity contribution in [3.8, 4) is 0 Å². The van der Waals surface area contributed by atoms with Crippen LogP contribution in [0.25, 0.3) is 0 Å². The normalized spacial score (nSPS) is 11.5. The monoisotopic (exact) mass is 386 g/mol. The Kier molecular flexibility index (Phi) is 5.69. The molecule has 2 rings (SSSR count). The van der Waals surface area contributed by atoms with Crippen molar-refractivity contribution >= 4 is 38.8 Å². The van der Waals surface area contributed by atoms with Crippen molar-refractivity contribution in [2.24, 2.45) is 0 Å². The summed E-state index contributed by atoms with van der Waals surface area (Å²) in [5.41, 5.74) is 0. The molecule has 0 spiro atoms. The topological polar surface area (TPSA) is 9.23 Å². The van der Waals surface area contributed by atoms with Gasteiger partial charge in [-0.05, 0) is 0 Å². The van der Waals surface area contributed by atoms with E-state index < -0.39 is 0 Å². The fraction of sp³-hybridized carbons (Fsp3) is 0.250. The van der Waals surface area contributed by atoms with Crippen LogP contribution in [0, 0.1) is 0 Å². The Balaban J connectivity index is 2.13. The molecule has 3 heteroatoms. The quantitative estimate of drug-likeness (QED) is 0.691. The van der Waals surface area contributed by atoms with Gasteiger partial charge >= 0.3 is 128 Å². The Morgan fingerprint density at radius 1 is 0.842 bits per heavy atom. The number of methoxy groups -OCH3 is 1. The summed E-state index contributed by atoms with van der Waals surface area (Å²) >= 11 is 0.861. The van der Waals surface area contributed by atoms with Crippen LogP contribution in [0.15, 0.2) is 60.7 Å². The molecule has 0 aliphatic rings. The van der Waals surface area contributed by atoms with E-state index in [1.54, 1.807) is 7.11 Å². The van der Waals surface area contributed by atoms with Gasteiger partial charge in [0.05, 0.1) is 0 Å². The molecule has 0 atom stereocenters. The van der Waals surface area contributed by atoms with Crippen LogP contribution in [0.3, 0.4) is 0 Å². The third kappa shape index (κ3) is 4.80. The van der Waals surface area contributed by atoms with Gasteiger partial charge in [0.2, 0.25) is 0 Å². The second-order valence-corrected chi connectivity index (χ2v) is 12.3. The molecule has 0 aliphatic carbocycles. The molecule has 2 aromatic carbocycles. The number of hydrogen-bond acceptors (Lipinski definition) is 1. The maximum atomic E-state index is 5.48. The molecule has 2 aromatic rings. The number of hydrogen-bond donors (Lipinski definition) is 0. The van der Waals surface area contributed by atoms with Gasteiger partial charge in [-0.15, -0.1) is 0 Å². The Hall–Kier alpha value is -0.561. The van der Waals surface area contributed by atoms with Crippen LogP contribution in [-0.4, -0.2) is 43.6 Å². The molecule has 0 aromatic heterocycles. The van der Waals surface area contributed by atoms with Gasteiger partial charge < -0.3 is 0 Å². The van der Waals surface area contributed by atoms with Gasteiger partial charge in [0, 0.05) is 0 Å². The molecule has 0 amide bonds. The average molecular weight is 384 g/mol. The second kappa shape index (κ2) is 7.28. The van der Waals surface area contributed by atoms with E-state index in [0.29, 0.717) is 29.9 Å². The maximum absolute atomic E-state index is 5.48. The van der Waals surface area contributed by atoms with Crippen molar-refractivity contribution in [3.63, 3.8) is 0 Å². The SMILES string of the molecule is COCC(C)([Se]c1ccccc1)[Se]c1ccccc1. The van der Waals surface area contributed by atoms with Crippen LogP contribution < -0.4 is 8.92 Å². The molecule has 19 heavy (non-hydrogen) atoms.